The Morgan fingerprint density at radius 1 is 1.36 bits per heavy atom. The van der Waals surface area contributed by atoms with Gasteiger partial charge < -0.3 is 4.90 Å². The summed E-state index contributed by atoms with van der Waals surface area (Å²) in [6, 6.07) is 6.01. The van der Waals surface area contributed by atoms with E-state index in [0.29, 0.717) is 0 Å². The minimum Gasteiger partial charge on any atom is -0.345 e. The molecule has 0 aliphatic heterocycles. The van der Waals surface area contributed by atoms with E-state index in [-0.39, 0.29) is 5.91 Å². The molecule has 0 radical (unpaired) electrons. The quantitative estimate of drug-likeness (QED) is 0.702. The molecule has 0 unspecified atom stereocenters. The van der Waals surface area contributed by atoms with Crippen LogP contribution in [0.1, 0.15) is 28.4 Å². The van der Waals surface area contributed by atoms with E-state index in [4.69, 9.17) is 0 Å². The zero-order valence-corrected chi connectivity index (χ0v) is 9.29. The van der Waals surface area contributed by atoms with Crippen LogP contribution >= 0.6 is 0 Å². The normalized spacial score (nSPS) is 10.0. The highest BCUT2D eigenvalue weighted by Crippen LogP contribution is 2.12. The second kappa shape index (κ2) is 4.27. The van der Waals surface area contributed by atoms with Gasteiger partial charge in [0.05, 0.1) is 0 Å². The average molecular weight is 191 g/mol. The summed E-state index contributed by atoms with van der Waals surface area (Å²) in [7, 11) is 3.55. The fraction of sp³-hybridized carbons (Fsp3) is 0.417. The monoisotopic (exact) mass is 191 g/mol. The molecule has 0 spiro atoms. The van der Waals surface area contributed by atoms with E-state index in [1.807, 2.05) is 19.1 Å². The van der Waals surface area contributed by atoms with Crippen LogP contribution in [0.15, 0.2) is 18.2 Å². The maximum atomic E-state index is 11.7. The number of benzene rings is 1. The minimum atomic E-state index is 0.0742. The smallest absolute Gasteiger partial charge is 0.253 e. The van der Waals surface area contributed by atoms with Crippen LogP contribution in [0, 0.1) is 6.92 Å². The summed E-state index contributed by atoms with van der Waals surface area (Å²) in [5.41, 5.74) is 3.13. The molecule has 0 saturated heterocycles. The van der Waals surface area contributed by atoms with Crippen molar-refractivity contribution in [2.75, 3.05) is 14.1 Å². The van der Waals surface area contributed by atoms with Crippen LogP contribution in [0.5, 0.6) is 0 Å². The van der Waals surface area contributed by atoms with Gasteiger partial charge in [-0.25, -0.2) is 0 Å². The van der Waals surface area contributed by atoms with Crippen LogP contribution in [0.25, 0.3) is 0 Å². The van der Waals surface area contributed by atoms with Gasteiger partial charge >= 0.3 is 0 Å². The highest BCUT2D eigenvalue weighted by Gasteiger charge is 2.10. The van der Waals surface area contributed by atoms with Gasteiger partial charge in [0, 0.05) is 19.7 Å². The molecule has 0 aliphatic carbocycles. The Kier molecular flexibility index (Phi) is 3.28. The largest absolute Gasteiger partial charge is 0.345 e. The van der Waals surface area contributed by atoms with Gasteiger partial charge in [-0.2, -0.15) is 0 Å². The van der Waals surface area contributed by atoms with E-state index in [2.05, 4.69) is 13.0 Å². The Morgan fingerprint density at radius 3 is 2.43 bits per heavy atom. The van der Waals surface area contributed by atoms with Crippen molar-refractivity contribution in [3.8, 4) is 0 Å². The number of rotatable bonds is 2. The van der Waals surface area contributed by atoms with Gasteiger partial charge in [-0.05, 0) is 30.5 Å². The Hall–Kier alpha value is -1.31. The molecule has 0 N–H and O–H groups in total. The van der Waals surface area contributed by atoms with Crippen LogP contribution < -0.4 is 0 Å². The molecule has 2 heteroatoms. The van der Waals surface area contributed by atoms with Crippen LogP contribution in [-0.2, 0) is 6.42 Å². The van der Waals surface area contributed by atoms with Crippen molar-refractivity contribution in [3.63, 3.8) is 0 Å². The lowest BCUT2D eigenvalue weighted by Crippen LogP contribution is -2.22. The van der Waals surface area contributed by atoms with Gasteiger partial charge in [-0.3, -0.25) is 4.79 Å². The van der Waals surface area contributed by atoms with E-state index in [0.717, 1.165) is 17.5 Å². The third-order valence-electron chi connectivity index (χ3n) is 2.34. The molecule has 0 bridgehead atoms. The number of aryl methyl sites for hydroxylation is 2. The highest BCUT2D eigenvalue weighted by atomic mass is 16.2. The van der Waals surface area contributed by atoms with Gasteiger partial charge in [-0.15, -0.1) is 0 Å². The maximum Gasteiger partial charge on any atom is 0.253 e. The zero-order valence-electron chi connectivity index (χ0n) is 9.29. The van der Waals surface area contributed by atoms with Crippen molar-refractivity contribution < 1.29 is 4.79 Å². The predicted octanol–water partition coefficient (Wildman–Crippen LogP) is 2.26. The molecule has 2 nitrogen and oxygen atoms in total. The SMILES string of the molecule is CCc1ccc(C(=O)N(C)C)c(C)c1. The Labute approximate surface area is 85.5 Å². The van der Waals surface area contributed by atoms with Crippen molar-refractivity contribution in [2.24, 2.45) is 0 Å². The Balaban J connectivity index is 3.06. The summed E-state index contributed by atoms with van der Waals surface area (Å²) >= 11 is 0. The lowest BCUT2D eigenvalue weighted by molar-refractivity contribution is 0.0827. The van der Waals surface area contributed by atoms with Crippen LogP contribution in [0.4, 0.5) is 0 Å². The minimum absolute atomic E-state index is 0.0742. The number of carbonyl (C=O) groups is 1. The first-order valence-corrected chi connectivity index (χ1v) is 4.87. The first-order chi connectivity index (χ1) is 6.56. The van der Waals surface area contributed by atoms with Crippen molar-refractivity contribution in [1.29, 1.82) is 0 Å². The predicted molar refractivity (Wildman–Crippen MR) is 58.6 cm³/mol. The lowest BCUT2D eigenvalue weighted by atomic mass is 10.0. The van der Waals surface area contributed by atoms with Crippen LogP contribution in [-0.4, -0.2) is 24.9 Å². The summed E-state index contributed by atoms with van der Waals surface area (Å²) in [6.45, 7) is 4.10. The van der Waals surface area contributed by atoms with E-state index < -0.39 is 0 Å². The first kappa shape index (κ1) is 10.8. The number of hydrogen-bond donors (Lipinski definition) is 0. The molecule has 1 aromatic rings. The molecular weight excluding hydrogens is 174 g/mol. The number of carbonyl (C=O) groups excluding carboxylic acids is 1. The fourth-order valence-corrected chi connectivity index (χ4v) is 1.43. The molecule has 1 aromatic carbocycles. The van der Waals surface area contributed by atoms with Gasteiger partial charge in [0.15, 0.2) is 0 Å². The Morgan fingerprint density at radius 2 is 2.00 bits per heavy atom. The number of amides is 1. The molecule has 14 heavy (non-hydrogen) atoms. The topological polar surface area (TPSA) is 20.3 Å². The standard InChI is InChI=1S/C12H17NO/c1-5-10-6-7-11(9(2)8-10)12(14)13(3)4/h6-8H,5H2,1-4H3. The van der Waals surface area contributed by atoms with E-state index in [9.17, 15) is 4.79 Å². The molecular formula is C12H17NO. The number of hydrogen-bond acceptors (Lipinski definition) is 1. The summed E-state index contributed by atoms with van der Waals surface area (Å²) in [5.74, 6) is 0.0742. The Bertz CT molecular complexity index is 342. The van der Waals surface area contributed by atoms with Crippen LogP contribution in [0.3, 0.4) is 0 Å². The second-order valence-electron chi connectivity index (χ2n) is 3.70. The third-order valence-corrected chi connectivity index (χ3v) is 2.34. The van der Waals surface area contributed by atoms with E-state index in [1.54, 1.807) is 19.0 Å². The van der Waals surface area contributed by atoms with Gasteiger partial charge in [0.2, 0.25) is 0 Å². The third kappa shape index (κ3) is 2.13. The van der Waals surface area contributed by atoms with Crippen molar-refractivity contribution in [3.05, 3.63) is 34.9 Å². The average Bonchev–Trinajstić information content (AvgIpc) is 2.16. The number of nitrogens with zero attached hydrogens (tertiary/aromatic N) is 1. The molecule has 0 fully saturated rings. The van der Waals surface area contributed by atoms with Gasteiger partial charge in [0.1, 0.15) is 0 Å². The summed E-state index contributed by atoms with van der Waals surface area (Å²) in [5, 5.41) is 0. The molecule has 76 valence electrons. The van der Waals surface area contributed by atoms with E-state index >= 15 is 0 Å². The summed E-state index contributed by atoms with van der Waals surface area (Å²) < 4.78 is 0. The van der Waals surface area contributed by atoms with Crippen molar-refractivity contribution >= 4 is 5.91 Å². The second-order valence-corrected chi connectivity index (χ2v) is 3.70. The van der Waals surface area contributed by atoms with E-state index in [1.165, 1.54) is 5.56 Å². The van der Waals surface area contributed by atoms with Crippen molar-refractivity contribution in [1.82, 2.24) is 4.90 Å². The molecule has 0 heterocycles. The molecule has 1 rings (SSSR count). The van der Waals surface area contributed by atoms with Gasteiger partial charge in [0.25, 0.3) is 5.91 Å². The van der Waals surface area contributed by atoms with Crippen molar-refractivity contribution in [2.45, 2.75) is 20.3 Å². The molecule has 0 saturated carbocycles. The first-order valence-electron chi connectivity index (χ1n) is 4.87. The highest BCUT2D eigenvalue weighted by molar-refractivity contribution is 5.95. The molecule has 0 aliphatic rings. The fourth-order valence-electron chi connectivity index (χ4n) is 1.43. The zero-order chi connectivity index (χ0) is 10.7. The van der Waals surface area contributed by atoms with Gasteiger partial charge in [-0.1, -0.05) is 19.1 Å². The molecule has 1 amide bonds. The molecule has 0 aromatic heterocycles. The molecule has 0 atom stereocenters. The lowest BCUT2D eigenvalue weighted by Gasteiger charge is -2.12. The van der Waals surface area contributed by atoms with Crippen LogP contribution in [0.2, 0.25) is 0 Å². The maximum absolute atomic E-state index is 11.7. The summed E-state index contributed by atoms with van der Waals surface area (Å²) in [4.78, 5) is 13.3. The summed E-state index contributed by atoms with van der Waals surface area (Å²) in [6.07, 6.45) is 1.01.